The van der Waals surface area contributed by atoms with Crippen molar-refractivity contribution in [3.63, 3.8) is 0 Å². The molecule has 0 fully saturated rings. The van der Waals surface area contributed by atoms with Gasteiger partial charge in [-0.2, -0.15) is 4.31 Å². The fourth-order valence-electron chi connectivity index (χ4n) is 3.29. The molecule has 0 radical (unpaired) electrons. The van der Waals surface area contributed by atoms with Gasteiger partial charge in [-0.1, -0.05) is 31.2 Å². The molecule has 3 aromatic rings. The Balaban J connectivity index is 1.82. The van der Waals surface area contributed by atoms with Crippen molar-refractivity contribution in [1.29, 1.82) is 0 Å². The van der Waals surface area contributed by atoms with Crippen LogP contribution in [0.3, 0.4) is 0 Å². The SMILES string of the molecule is CCc1ccc(S(=O)(=O)N(C)Cc2nc(NCCCN(C)C)c3ccccc3n2)cc1. The van der Waals surface area contributed by atoms with Gasteiger partial charge >= 0.3 is 0 Å². The van der Waals surface area contributed by atoms with Crippen molar-refractivity contribution in [3.8, 4) is 0 Å². The van der Waals surface area contributed by atoms with E-state index in [1.165, 1.54) is 4.31 Å². The van der Waals surface area contributed by atoms with E-state index >= 15 is 0 Å². The quantitative estimate of drug-likeness (QED) is 0.486. The van der Waals surface area contributed by atoms with E-state index in [0.29, 0.717) is 5.82 Å². The molecule has 1 aromatic heterocycles. The van der Waals surface area contributed by atoms with E-state index in [0.717, 1.165) is 48.2 Å². The molecule has 0 aliphatic heterocycles. The molecular formula is C23H31N5O2S. The molecule has 1 N–H and O–H groups in total. The first-order chi connectivity index (χ1) is 14.8. The highest BCUT2D eigenvalue weighted by Crippen LogP contribution is 2.22. The lowest BCUT2D eigenvalue weighted by Gasteiger charge is -2.18. The number of aromatic nitrogens is 2. The van der Waals surface area contributed by atoms with Crippen LogP contribution in [0.15, 0.2) is 53.4 Å². The third-order valence-corrected chi connectivity index (χ3v) is 6.95. The number of sulfonamides is 1. The average molecular weight is 442 g/mol. The van der Waals surface area contributed by atoms with Gasteiger partial charge in [0.2, 0.25) is 10.0 Å². The first-order valence-electron chi connectivity index (χ1n) is 10.5. The number of hydrogen-bond donors (Lipinski definition) is 1. The van der Waals surface area contributed by atoms with Gasteiger partial charge in [0.1, 0.15) is 11.6 Å². The topological polar surface area (TPSA) is 78.4 Å². The summed E-state index contributed by atoms with van der Waals surface area (Å²) in [6.45, 7) is 3.88. The zero-order chi connectivity index (χ0) is 22.4. The van der Waals surface area contributed by atoms with Crippen LogP contribution >= 0.6 is 0 Å². The molecule has 0 amide bonds. The van der Waals surface area contributed by atoms with Gasteiger partial charge in [0.15, 0.2) is 0 Å². The number of benzene rings is 2. The highest BCUT2D eigenvalue weighted by atomic mass is 32.2. The minimum Gasteiger partial charge on any atom is -0.369 e. The van der Waals surface area contributed by atoms with Crippen LogP contribution in [0.4, 0.5) is 5.82 Å². The molecule has 8 heteroatoms. The van der Waals surface area contributed by atoms with Crippen LogP contribution in [-0.2, 0) is 23.0 Å². The molecule has 0 aliphatic rings. The summed E-state index contributed by atoms with van der Waals surface area (Å²) in [5.74, 6) is 1.20. The van der Waals surface area contributed by atoms with Gasteiger partial charge in [-0.15, -0.1) is 0 Å². The summed E-state index contributed by atoms with van der Waals surface area (Å²) in [4.78, 5) is 11.7. The summed E-state index contributed by atoms with van der Waals surface area (Å²) in [5.41, 5.74) is 1.89. The van der Waals surface area contributed by atoms with Crippen LogP contribution in [0, 0.1) is 0 Å². The van der Waals surface area contributed by atoms with E-state index in [4.69, 9.17) is 0 Å². The van der Waals surface area contributed by atoms with Crippen LogP contribution < -0.4 is 5.32 Å². The van der Waals surface area contributed by atoms with Crippen molar-refractivity contribution in [1.82, 2.24) is 19.2 Å². The molecule has 0 unspecified atom stereocenters. The molecule has 1 heterocycles. The van der Waals surface area contributed by atoms with E-state index in [1.54, 1.807) is 19.2 Å². The van der Waals surface area contributed by atoms with Crippen LogP contribution in [0.1, 0.15) is 24.7 Å². The molecular weight excluding hydrogens is 410 g/mol. The van der Waals surface area contributed by atoms with Crippen LogP contribution in [0.25, 0.3) is 10.9 Å². The van der Waals surface area contributed by atoms with E-state index in [9.17, 15) is 8.42 Å². The van der Waals surface area contributed by atoms with Gasteiger partial charge < -0.3 is 10.2 Å². The third-order valence-electron chi connectivity index (χ3n) is 5.13. The Bertz CT molecular complexity index is 1110. The smallest absolute Gasteiger partial charge is 0.243 e. The summed E-state index contributed by atoms with van der Waals surface area (Å²) in [6, 6.07) is 14.8. The van der Waals surface area contributed by atoms with Gasteiger partial charge in [-0.25, -0.2) is 18.4 Å². The Morgan fingerprint density at radius 2 is 1.68 bits per heavy atom. The normalized spacial score (nSPS) is 12.1. The number of rotatable bonds is 10. The zero-order valence-electron chi connectivity index (χ0n) is 18.7. The van der Waals surface area contributed by atoms with Gasteiger partial charge in [0, 0.05) is 19.0 Å². The number of anilines is 1. The van der Waals surface area contributed by atoms with Crippen molar-refractivity contribution in [2.75, 3.05) is 39.5 Å². The minimum absolute atomic E-state index is 0.0923. The predicted octanol–water partition coefficient (Wildman–Crippen LogP) is 3.38. The monoisotopic (exact) mass is 441 g/mol. The highest BCUT2D eigenvalue weighted by molar-refractivity contribution is 7.89. The molecule has 7 nitrogen and oxygen atoms in total. The van der Waals surface area contributed by atoms with E-state index in [-0.39, 0.29) is 11.4 Å². The Kier molecular flexibility index (Phi) is 7.59. The van der Waals surface area contributed by atoms with Crippen molar-refractivity contribution in [3.05, 3.63) is 59.9 Å². The largest absolute Gasteiger partial charge is 0.369 e. The first-order valence-corrected chi connectivity index (χ1v) is 11.9. The summed E-state index contributed by atoms with van der Waals surface area (Å²) >= 11 is 0. The van der Waals surface area contributed by atoms with Crippen LogP contribution in [0.5, 0.6) is 0 Å². The number of aryl methyl sites for hydroxylation is 1. The standard InChI is InChI=1S/C23H31N5O2S/c1-5-18-11-13-19(14-12-18)31(29,30)28(4)17-22-25-21-10-7-6-9-20(21)23(26-22)24-15-8-16-27(2)3/h6-7,9-14H,5,8,15-17H2,1-4H3,(H,24,25,26). The summed E-state index contributed by atoms with van der Waals surface area (Å²) < 4.78 is 27.3. The van der Waals surface area contributed by atoms with E-state index in [1.807, 2.05) is 57.4 Å². The molecule has 0 aliphatic carbocycles. The maximum atomic E-state index is 13.0. The summed E-state index contributed by atoms with van der Waals surface area (Å²) in [7, 11) is 2.02. The summed E-state index contributed by atoms with van der Waals surface area (Å²) in [5, 5.41) is 4.32. The molecule has 0 bridgehead atoms. The fourth-order valence-corrected chi connectivity index (χ4v) is 4.42. The fraction of sp³-hybridized carbons (Fsp3) is 0.391. The van der Waals surface area contributed by atoms with Crippen molar-refractivity contribution in [2.24, 2.45) is 0 Å². The number of fused-ring (bicyclic) bond motifs is 1. The second-order valence-corrected chi connectivity index (χ2v) is 9.89. The molecule has 3 rings (SSSR count). The minimum atomic E-state index is -3.63. The third kappa shape index (κ3) is 5.78. The van der Waals surface area contributed by atoms with Gasteiger partial charge in [0.25, 0.3) is 0 Å². The molecule has 0 saturated heterocycles. The van der Waals surface area contributed by atoms with Gasteiger partial charge in [-0.3, -0.25) is 0 Å². The zero-order valence-corrected chi connectivity index (χ0v) is 19.5. The Morgan fingerprint density at radius 1 is 0.968 bits per heavy atom. The number of nitrogens with zero attached hydrogens (tertiary/aromatic N) is 4. The predicted molar refractivity (Wildman–Crippen MR) is 126 cm³/mol. The second-order valence-electron chi connectivity index (χ2n) is 7.85. The van der Waals surface area contributed by atoms with Crippen molar-refractivity contribution in [2.45, 2.75) is 31.2 Å². The maximum absolute atomic E-state index is 13.0. The van der Waals surface area contributed by atoms with Gasteiger partial charge in [-0.05, 0) is 63.3 Å². The Hall–Kier alpha value is -2.55. The van der Waals surface area contributed by atoms with Crippen LogP contribution in [0.2, 0.25) is 0 Å². The van der Waals surface area contributed by atoms with Gasteiger partial charge in [0.05, 0.1) is 17.0 Å². The van der Waals surface area contributed by atoms with E-state index in [2.05, 4.69) is 20.2 Å². The number of hydrogen-bond acceptors (Lipinski definition) is 6. The Morgan fingerprint density at radius 3 is 2.35 bits per heavy atom. The van der Waals surface area contributed by atoms with Crippen LogP contribution in [-0.4, -0.2) is 61.8 Å². The average Bonchev–Trinajstić information content (AvgIpc) is 2.76. The maximum Gasteiger partial charge on any atom is 0.243 e. The molecule has 0 saturated carbocycles. The molecule has 31 heavy (non-hydrogen) atoms. The summed E-state index contributed by atoms with van der Waals surface area (Å²) in [6.07, 6.45) is 1.84. The lowest BCUT2D eigenvalue weighted by Crippen LogP contribution is -2.27. The highest BCUT2D eigenvalue weighted by Gasteiger charge is 2.22. The van der Waals surface area contributed by atoms with Crippen molar-refractivity contribution >= 4 is 26.7 Å². The molecule has 0 atom stereocenters. The lowest BCUT2D eigenvalue weighted by atomic mass is 10.2. The van der Waals surface area contributed by atoms with Crippen molar-refractivity contribution < 1.29 is 8.42 Å². The lowest BCUT2D eigenvalue weighted by molar-refractivity contribution is 0.405. The number of para-hydroxylation sites is 1. The Labute approximate surface area is 185 Å². The first kappa shape index (κ1) is 23.1. The molecule has 0 spiro atoms. The molecule has 2 aromatic carbocycles. The second kappa shape index (κ2) is 10.2. The van der Waals surface area contributed by atoms with E-state index < -0.39 is 10.0 Å². The number of nitrogens with one attached hydrogen (secondary N) is 1. The molecule has 166 valence electrons.